The zero-order valence-electron chi connectivity index (χ0n) is 11.3. The lowest BCUT2D eigenvalue weighted by Gasteiger charge is -2.07. The molecule has 2 aromatic rings. The molecule has 0 fully saturated rings. The van der Waals surface area contributed by atoms with Crippen molar-refractivity contribution < 1.29 is 14.3 Å². The third kappa shape index (κ3) is 3.74. The number of aromatic amines is 1. The topological polar surface area (TPSA) is 82.0 Å². The minimum absolute atomic E-state index is 0. The van der Waals surface area contributed by atoms with Crippen molar-refractivity contribution in [3.8, 4) is 5.88 Å². The van der Waals surface area contributed by atoms with Crippen LogP contribution in [-0.2, 0) is 11.3 Å². The molecular formula is C12H17ClN4O3. The first-order chi connectivity index (χ1) is 9.22. The van der Waals surface area contributed by atoms with Crippen molar-refractivity contribution in [3.63, 3.8) is 0 Å². The van der Waals surface area contributed by atoms with Crippen LogP contribution in [0.5, 0.6) is 5.88 Å². The monoisotopic (exact) mass is 300 g/mol. The first kappa shape index (κ1) is 16.0. The number of hydrogen-bond donors (Lipinski definition) is 1. The van der Waals surface area contributed by atoms with Crippen molar-refractivity contribution in [1.82, 2.24) is 19.7 Å². The van der Waals surface area contributed by atoms with Gasteiger partial charge in [-0.1, -0.05) is 0 Å². The van der Waals surface area contributed by atoms with E-state index in [2.05, 4.69) is 15.2 Å². The number of nitrogens with one attached hydrogen (secondary N) is 1. The van der Waals surface area contributed by atoms with Crippen LogP contribution in [-0.4, -0.2) is 38.9 Å². The molecule has 0 unspecified atom stereocenters. The fourth-order valence-electron chi connectivity index (χ4n) is 1.62. The van der Waals surface area contributed by atoms with Gasteiger partial charge >= 0.3 is 5.97 Å². The lowest BCUT2D eigenvalue weighted by Crippen LogP contribution is -2.11. The number of aryl methyl sites for hydroxylation is 1. The Morgan fingerprint density at radius 2 is 2.30 bits per heavy atom. The number of esters is 1. The number of imidazole rings is 1. The number of halogens is 1. The van der Waals surface area contributed by atoms with Gasteiger partial charge in [-0.15, -0.1) is 12.4 Å². The van der Waals surface area contributed by atoms with Crippen molar-refractivity contribution >= 4 is 18.4 Å². The molecule has 0 aromatic carbocycles. The van der Waals surface area contributed by atoms with Gasteiger partial charge in [0.15, 0.2) is 0 Å². The summed E-state index contributed by atoms with van der Waals surface area (Å²) in [6, 6.07) is 0. The second kappa shape index (κ2) is 7.54. The highest BCUT2D eigenvalue weighted by Crippen LogP contribution is 2.15. The van der Waals surface area contributed by atoms with E-state index in [1.54, 1.807) is 13.1 Å². The van der Waals surface area contributed by atoms with Gasteiger partial charge in [-0.3, -0.25) is 0 Å². The number of carbonyl (C=O) groups is 1. The van der Waals surface area contributed by atoms with Gasteiger partial charge in [0.1, 0.15) is 18.0 Å². The lowest BCUT2D eigenvalue weighted by molar-refractivity contribution is 0.0521. The van der Waals surface area contributed by atoms with Crippen LogP contribution in [0, 0.1) is 6.92 Å². The fourth-order valence-corrected chi connectivity index (χ4v) is 1.62. The molecule has 0 atom stereocenters. The average Bonchev–Trinajstić information content (AvgIpc) is 3.00. The van der Waals surface area contributed by atoms with Crippen molar-refractivity contribution in [2.24, 2.45) is 0 Å². The van der Waals surface area contributed by atoms with E-state index >= 15 is 0 Å². The predicted molar refractivity (Wildman–Crippen MR) is 74.3 cm³/mol. The van der Waals surface area contributed by atoms with Crippen molar-refractivity contribution in [1.29, 1.82) is 0 Å². The summed E-state index contributed by atoms with van der Waals surface area (Å²) >= 11 is 0. The zero-order valence-corrected chi connectivity index (χ0v) is 12.1. The smallest absolute Gasteiger partial charge is 0.345 e. The Hall–Kier alpha value is -2.02. The van der Waals surface area contributed by atoms with Crippen LogP contribution in [0.4, 0.5) is 0 Å². The molecular weight excluding hydrogens is 284 g/mol. The summed E-state index contributed by atoms with van der Waals surface area (Å²) in [6.07, 6.45) is 5.00. The Morgan fingerprint density at radius 1 is 1.50 bits per heavy atom. The molecule has 2 heterocycles. The molecule has 0 aliphatic rings. The Kier molecular flexibility index (Phi) is 6.05. The van der Waals surface area contributed by atoms with Gasteiger partial charge in [-0.05, 0) is 13.8 Å². The minimum atomic E-state index is -0.440. The Labute approximate surface area is 122 Å². The van der Waals surface area contributed by atoms with E-state index in [4.69, 9.17) is 9.47 Å². The predicted octanol–water partition coefficient (Wildman–Crippen LogP) is 1.59. The van der Waals surface area contributed by atoms with Crippen LogP contribution < -0.4 is 4.74 Å². The number of H-pyrrole nitrogens is 1. The molecule has 2 rings (SSSR count). The van der Waals surface area contributed by atoms with E-state index in [-0.39, 0.29) is 12.4 Å². The van der Waals surface area contributed by atoms with E-state index in [0.717, 1.165) is 5.82 Å². The van der Waals surface area contributed by atoms with Crippen molar-refractivity contribution in [3.05, 3.63) is 30.0 Å². The summed E-state index contributed by atoms with van der Waals surface area (Å²) < 4.78 is 12.4. The third-order valence-corrected chi connectivity index (χ3v) is 2.60. The van der Waals surface area contributed by atoms with Crippen LogP contribution in [0.2, 0.25) is 0 Å². The average molecular weight is 301 g/mol. The van der Waals surface area contributed by atoms with Crippen molar-refractivity contribution in [2.45, 2.75) is 20.4 Å². The molecule has 7 nitrogen and oxygen atoms in total. The van der Waals surface area contributed by atoms with Crippen molar-refractivity contribution in [2.75, 3.05) is 13.2 Å². The molecule has 0 saturated carbocycles. The Bertz CT molecular complexity index is 552. The van der Waals surface area contributed by atoms with E-state index < -0.39 is 5.97 Å². The highest BCUT2D eigenvalue weighted by molar-refractivity contribution is 5.91. The first-order valence-electron chi connectivity index (χ1n) is 6.03. The molecule has 20 heavy (non-hydrogen) atoms. The van der Waals surface area contributed by atoms with Crippen LogP contribution in [0.1, 0.15) is 23.1 Å². The highest BCUT2D eigenvalue weighted by atomic mass is 35.5. The molecule has 1 N–H and O–H groups in total. The van der Waals surface area contributed by atoms with Gasteiger partial charge in [-0.25, -0.2) is 14.9 Å². The second-order valence-corrected chi connectivity index (χ2v) is 3.85. The molecule has 0 spiro atoms. The molecule has 0 aliphatic carbocycles. The summed E-state index contributed by atoms with van der Waals surface area (Å²) in [7, 11) is 0. The molecule has 0 bridgehead atoms. The Balaban J connectivity index is 0.00000200. The summed E-state index contributed by atoms with van der Waals surface area (Å²) in [5.41, 5.74) is 0.309. The number of aromatic nitrogens is 4. The maximum atomic E-state index is 11.6. The van der Waals surface area contributed by atoms with Gasteiger partial charge in [0.2, 0.25) is 5.88 Å². The van der Waals surface area contributed by atoms with Gasteiger partial charge < -0.3 is 14.0 Å². The molecule has 110 valence electrons. The van der Waals surface area contributed by atoms with E-state index in [9.17, 15) is 4.79 Å². The standard InChI is InChI=1S/C12H16N4O3.ClH/c1-3-18-12(17)10-8-14-15-11(10)19-7-6-16-5-4-13-9(16)2;/h4-5,8H,3,6-7H2,1-2H3,(H,14,15);1H. The number of carbonyl (C=O) groups excluding carboxylic acids is 1. The van der Waals surface area contributed by atoms with E-state index in [1.807, 2.05) is 17.7 Å². The SMILES string of the molecule is CCOC(=O)c1cn[nH]c1OCCn1ccnc1C.Cl. The molecule has 2 aromatic heterocycles. The van der Waals surface area contributed by atoms with Crippen LogP contribution >= 0.6 is 12.4 Å². The third-order valence-electron chi connectivity index (χ3n) is 2.60. The van der Waals surface area contributed by atoms with Gasteiger partial charge in [0.05, 0.1) is 19.3 Å². The van der Waals surface area contributed by atoms with Gasteiger partial charge in [0, 0.05) is 12.4 Å². The number of ether oxygens (including phenoxy) is 2. The second-order valence-electron chi connectivity index (χ2n) is 3.85. The maximum absolute atomic E-state index is 11.6. The molecule has 0 amide bonds. The van der Waals surface area contributed by atoms with Gasteiger partial charge in [0.25, 0.3) is 0 Å². The molecule has 0 aliphatic heterocycles. The molecule has 0 radical (unpaired) electrons. The summed E-state index contributed by atoms with van der Waals surface area (Å²) in [5.74, 6) is 0.806. The maximum Gasteiger partial charge on any atom is 0.345 e. The first-order valence-corrected chi connectivity index (χ1v) is 6.03. The summed E-state index contributed by atoms with van der Waals surface area (Å²) in [6.45, 7) is 5.04. The summed E-state index contributed by atoms with van der Waals surface area (Å²) in [4.78, 5) is 15.7. The van der Waals surface area contributed by atoms with E-state index in [0.29, 0.717) is 31.2 Å². The van der Waals surface area contributed by atoms with Crippen LogP contribution in [0.15, 0.2) is 18.6 Å². The summed E-state index contributed by atoms with van der Waals surface area (Å²) in [5, 5.41) is 6.43. The fraction of sp³-hybridized carbons (Fsp3) is 0.417. The number of nitrogens with zero attached hydrogens (tertiary/aromatic N) is 3. The van der Waals surface area contributed by atoms with Crippen LogP contribution in [0.3, 0.4) is 0 Å². The number of hydrogen-bond acceptors (Lipinski definition) is 5. The Morgan fingerprint density at radius 3 is 2.95 bits per heavy atom. The van der Waals surface area contributed by atoms with Crippen LogP contribution in [0.25, 0.3) is 0 Å². The number of rotatable bonds is 6. The minimum Gasteiger partial charge on any atom is -0.475 e. The molecule has 8 heteroatoms. The largest absolute Gasteiger partial charge is 0.475 e. The lowest BCUT2D eigenvalue weighted by atomic mass is 10.3. The quantitative estimate of drug-likeness (QED) is 0.819. The van der Waals surface area contributed by atoms with Gasteiger partial charge in [-0.2, -0.15) is 5.10 Å². The normalized spacial score (nSPS) is 9.90. The van der Waals surface area contributed by atoms with E-state index in [1.165, 1.54) is 6.20 Å². The molecule has 0 saturated heterocycles. The zero-order chi connectivity index (χ0) is 13.7. The highest BCUT2D eigenvalue weighted by Gasteiger charge is 2.16.